The number of carbonyl (C=O) groups is 2. The Hall–Kier alpha value is -4.18. The monoisotopic (exact) mass is 372 g/mol. The number of amides is 2. The van der Waals surface area contributed by atoms with Crippen molar-refractivity contribution < 1.29 is 14.3 Å². The van der Waals surface area contributed by atoms with Crippen molar-refractivity contribution in [2.24, 2.45) is 0 Å². The minimum Gasteiger partial charge on any atom is -0.495 e. The van der Waals surface area contributed by atoms with Gasteiger partial charge in [-0.3, -0.25) is 14.6 Å². The number of rotatable bonds is 5. The number of aromatic nitrogens is 1. The molecule has 2 N–H and O–H groups in total. The summed E-state index contributed by atoms with van der Waals surface area (Å²) < 4.78 is 5.21. The van der Waals surface area contributed by atoms with E-state index in [0.29, 0.717) is 22.7 Å². The summed E-state index contributed by atoms with van der Waals surface area (Å²) in [6.45, 7) is 0. The molecule has 0 saturated carbocycles. The number of ether oxygens (including phenoxy) is 1. The summed E-state index contributed by atoms with van der Waals surface area (Å²) in [5.41, 5.74) is 2.01. The van der Waals surface area contributed by atoms with E-state index in [1.807, 2.05) is 6.07 Å². The van der Waals surface area contributed by atoms with Gasteiger partial charge in [-0.05, 0) is 42.5 Å². The summed E-state index contributed by atoms with van der Waals surface area (Å²) in [4.78, 5) is 28.9. The van der Waals surface area contributed by atoms with Crippen LogP contribution >= 0.6 is 0 Å². The van der Waals surface area contributed by atoms with E-state index < -0.39 is 11.8 Å². The Morgan fingerprint density at radius 1 is 0.964 bits per heavy atom. The number of nitrogens with one attached hydrogen (secondary N) is 2. The molecule has 0 aliphatic carbocycles. The zero-order valence-corrected chi connectivity index (χ0v) is 15.0. The highest BCUT2D eigenvalue weighted by atomic mass is 16.5. The normalized spacial score (nSPS) is 9.86. The first kappa shape index (κ1) is 18.6. The molecule has 0 aliphatic heterocycles. The number of pyridine rings is 1. The standard InChI is InChI=1S/C21H16N4O3/c1-28-19-5-3-2-4-18(19)25-21(27)16-10-15(12-23-13-16)20(26)24-17-8-6-14(11-22)7-9-17/h2-10,12-13H,1H3,(H,24,26)(H,25,27). The van der Waals surface area contributed by atoms with Gasteiger partial charge in [0.1, 0.15) is 5.75 Å². The van der Waals surface area contributed by atoms with Crippen LogP contribution in [0.2, 0.25) is 0 Å². The van der Waals surface area contributed by atoms with Crippen molar-refractivity contribution in [1.29, 1.82) is 5.26 Å². The lowest BCUT2D eigenvalue weighted by Crippen LogP contribution is -2.16. The van der Waals surface area contributed by atoms with E-state index in [4.69, 9.17) is 10.00 Å². The van der Waals surface area contributed by atoms with Crippen LogP contribution < -0.4 is 15.4 Å². The van der Waals surface area contributed by atoms with E-state index in [1.54, 1.807) is 48.5 Å². The first-order chi connectivity index (χ1) is 13.6. The van der Waals surface area contributed by atoms with Gasteiger partial charge >= 0.3 is 0 Å². The first-order valence-electron chi connectivity index (χ1n) is 8.31. The fraction of sp³-hybridized carbons (Fsp3) is 0.0476. The fourth-order valence-electron chi connectivity index (χ4n) is 2.46. The molecule has 1 heterocycles. The van der Waals surface area contributed by atoms with E-state index in [9.17, 15) is 9.59 Å². The van der Waals surface area contributed by atoms with Crippen LogP contribution in [-0.4, -0.2) is 23.9 Å². The third-order valence-electron chi connectivity index (χ3n) is 3.89. The number of anilines is 2. The Bertz CT molecular complexity index is 1060. The van der Waals surface area contributed by atoms with Gasteiger partial charge in [-0.1, -0.05) is 12.1 Å². The molecule has 0 unspecified atom stereocenters. The van der Waals surface area contributed by atoms with Crippen LogP contribution in [0.15, 0.2) is 67.0 Å². The van der Waals surface area contributed by atoms with Crippen molar-refractivity contribution >= 4 is 23.2 Å². The molecule has 2 aromatic carbocycles. The summed E-state index contributed by atoms with van der Waals surface area (Å²) in [6, 6.07) is 16.9. The maximum absolute atomic E-state index is 12.5. The maximum Gasteiger partial charge on any atom is 0.257 e. The number of carbonyl (C=O) groups excluding carboxylic acids is 2. The molecule has 0 saturated heterocycles. The smallest absolute Gasteiger partial charge is 0.257 e. The van der Waals surface area contributed by atoms with Crippen molar-refractivity contribution in [3.8, 4) is 11.8 Å². The van der Waals surface area contributed by atoms with Gasteiger partial charge in [-0.2, -0.15) is 5.26 Å². The van der Waals surface area contributed by atoms with Crippen LogP contribution in [0.25, 0.3) is 0 Å². The van der Waals surface area contributed by atoms with E-state index in [1.165, 1.54) is 25.6 Å². The van der Waals surface area contributed by atoms with Crippen molar-refractivity contribution in [2.45, 2.75) is 0 Å². The molecule has 0 radical (unpaired) electrons. The second-order valence-electron chi connectivity index (χ2n) is 5.76. The molecular formula is C21H16N4O3. The second-order valence-corrected chi connectivity index (χ2v) is 5.76. The molecule has 28 heavy (non-hydrogen) atoms. The van der Waals surface area contributed by atoms with Crippen LogP contribution in [0.1, 0.15) is 26.3 Å². The highest BCUT2D eigenvalue weighted by molar-refractivity contribution is 6.08. The number of para-hydroxylation sites is 2. The summed E-state index contributed by atoms with van der Waals surface area (Å²) in [5.74, 6) is -0.298. The highest BCUT2D eigenvalue weighted by Crippen LogP contribution is 2.23. The van der Waals surface area contributed by atoms with Gasteiger partial charge in [0, 0.05) is 18.1 Å². The number of methoxy groups -OCH3 is 1. The predicted molar refractivity (Wildman–Crippen MR) is 104 cm³/mol. The molecule has 3 rings (SSSR count). The molecule has 3 aromatic rings. The molecule has 7 heteroatoms. The molecule has 2 amide bonds. The largest absolute Gasteiger partial charge is 0.495 e. The van der Waals surface area contributed by atoms with Gasteiger partial charge in [0.2, 0.25) is 0 Å². The molecule has 7 nitrogen and oxygen atoms in total. The van der Waals surface area contributed by atoms with Gasteiger partial charge in [-0.15, -0.1) is 0 Å². The van der Waals surface area contributed by atoms with Crippen LogP contribution in [0.3, 0.4) is 0 Å². The average molecular weight is 372 g/mol. The lowest BCUT2D eigenvalue weighted by molar-refractivity contribution is 0.102. The van der Waals surface area contributed by atoms with Crippen molar-refractivity contribution in [3.63, 3.8) is 0 Å². The number of nitrogens with zero attached hydrogens (tertiary/aromatic N) is 2. The lowest BCUT2D eigenvalue weighted by atomic mass is 10.1. The van der Waals surface area contributed by atoms with Crippen molar-refractivity contribution in [2.75, 3.05) is 17.7 Å². The summed E-state index contributed by atoms with van der Waals surface area (Å²) >= 11 is 0. The van der Waals surface area contributed by atoms with E-state index in [2.05, 4.69) is 15.6 Å². The topological polar surface area (TPSA) is 104 Å². The molecule has 0 atom stereocenters. The van der Waals surface area contributed by atoms with Crippen LogP contribution in [0.4, 0.5) is 11.4 Å². The Labute approximate surface area is 161 Å². The highest BCUT2D eigenvalue weighted by Gasteiger charge is 2.13. The van der Waals surface area contributed by atoms with Crippen molar-refractivity contribution in [3.05, 3.63) is 83.7 Å². The number of benzene rings is 2. The summed E-state index contributed by atoms with van der Waals surface area (Å²) in [5, 5.41) is 14.3. The molecule has 138 valence electrons. The van der Waals surface area contributed by atoms with Gasteiger partial charge in [-0.25, -0.2) is 0 Å². The van der Waals surface area contributed by atoms with E-state index in [0.717, 1.165) is 0 Å². The third kappa shape index (κ3) is 4.31. The van der Waals surface area contributed by atoms with Gasteiger partial charge < -0.3 is 15.4 Å². The summed E-state index contributed by atoms with van der Waals surface area (Å²) in [7, 11) is 1.51. The fourth-order valence-corrected chi connectivity index (χ4v) is 2.46. The van der Waals surface area contributed by atoms with E-state index in [-0.39, 0.29) is 11.1 Å². The Balaban J connectivity index is 1.74. The quantitative estimate of drug-likeness (QED) is 0.714. The number of hydrogen-bond donors (Lipinski definition) is 2. The Morgan fingerprint density at radius 3 is 2.25 bits per heavy atom. The molecule has 0 fully saturated rings. The van der Waals surface area contributed by atoms with Crippen molar-refractivity contribution in [1.82, 2.24) is 4.98 Å². The SMILES string of the molecule is COc1ccccc1NC(=O)c1cncc(C(=O)Nc2ccc(C#N)cc2)c1. The third-order valence-corrected chi connectivity index (χ3v) is 3.89. The molecule has 1 aromatic heterocycles. The summed E-state index contributed by atoms with van der Waals surface area (Å²) in [6.07, 6.45) is 2.75. The molecule has 0 spiro atoms. The number of nitriles is 1. The van der Waals surface area contributed by atoms with Crippen LogP contribution in [0, 0.1) is 11.3 Å². The number of hydrogen-bond acceptors (Lipinski definition) is 5. The predicted octanol–water partition coefficient (Wildman–Crippen LogP) is 3.47. The van der Waals surface area contributed by atoms with Gasteiger partial charge in [0.25, 0.3) is 11.8 Å². The minimum absolute atomic E-state index is 0.233. The maximum atomic E-state index is 12.5. The average Bonchev–Trinajstić information content (AvgIpc) is 2.74. The molecule has 0 aliphatic rings. The first-order valence-corrected chi connectivity index (χ1v) is 8.31. The zero-order chi connectivity index (χ0) is 19.9. The van der Waals surface area contributed by atoms with Gasteiger partial charge in [0.15, 0.2) is 0 Å². The molecular weight excluding hydrogens is 356 g/mol. The van der Waals surface area contributed by atoms with Gasteiger partial charge in [0.05, 0.1) is 35.6 Å². The Kier molecular flexibility index (Phi) is 5.63. The lowest BCUT2D eigenvalue weighted by Gasteiger charge is -2.10. The van der Waals surface area contributed by atoms with Crippen LogP contribution in [-0.2, 0) is 0 Å². The zero-order valence-electron chi connectivity index (χ0n) is 15.0. The second kappa shape index (κ2) is 8.47. The van der Waals surface area contributed by atoms with E-state index >= 15 is 0 Å². The Morgan fingerprint density at radius 2 is 1.61 bits per heavy atom. The molecule has 0 bridgehead atoms. The van der Waals surface area contributed by atoms with Crippen LogP contribution in [0.5, 0.6) is 5.75 Å². The minimum atomic E-state index is -0.413.